The molecule has 12 heavy (non-hydrogen) atoms. The fourth-order valence-electron chi connectivity index (χ4n) is 0.862. The highest BCUT2D eigenvalue weighted by Gasteiger charge is 1.98. The van der Waals surface area contributed by atoms with Crippen molar-refractivity contribution in [3.63, 3.8) is 0 Å². The summed E-state index contributed by atoms with van der Waals surface area (Å²) in [6.07, 6.45) is 4.54. The van der Waals surface area contributed by atoms with Crippen LogP contribution in [0.25, 0.3) is 0 Å². The van der Waals surface area contributed by atoms with Crippen molar-refractivity contribution in [1.82, 2.24) is 15.0 Å². The first-order chi connectivity index (χ1) is 5.86. The maximum absolute atomic E-state index is 8.62. The van der Waals surface area contributed by atoms with Gasteiger partial charge in [0.05, 0.1) is 12.2 Å². The average Bonchev–Trinajstić information content (AvgIpc) is 2.50. The van der Waals surface area contributed by atoms with Gasteiger partial charge in [0.15, 0.2) is 0 Å². The van der Waals surface area contributed by atoms with Crippen LogP contribution in [0.4, 0.5) is 0 Å². The van der Waals surface area contributed by atoms with E-state index >= 15 is 0 Å². The van der Waals surface area contributed by atoms with Crippen LogP contribution < -0.4 is 0 Å². The Morgan fingerprint density at radius 1 is 1.67 bits per heavy atom. The van der Waals surface area contributed by atoms with Crippen LogP contribution in [0.1, 0.15) is 5.69 Å². The number of hydrogen-bond acceptors (Lipinski definition) is 4. The number of aliphatic hydroxyl groups excluding tert-OH is 1. The minimum Gasteiger partial charge on any atom is -0.396 e. The molecule has 0 fully saturated rings. The van der Waals surface area contributed by atoms with E-state index < -0.39 is 0 Å². The van der Waals surface area contributed by atoms with Crippen molar-refractivity contribution < 1.29 is 5.11 Å². The standard InChI is InChI=1S/C7H13N3OS/c1-12-5-3-10-6-7(2-4-11)8-9-10/h6,11H,2-5H2,1H3. The molecule has 0 saturated heterocycles. The highest BCUT2D eigenvalue weighted by atomic mass is 32.2. The molecule has 0 bridgehead atoms. The molecule has 0 atom stereocenters. The molecule has 0 radical (unpaired) electrons. The van der Waals surface area contributed by atoms with Crippen molar-refractivity contribution in [2.75, 3.05) is 18.6 Å². The molecule has 0 amide bonds. The zero-order chi connectivity index (χ0) is 8.81. The van der Waals surface area contributed by atoms with Crippen molar-refractivity contribution in [2.24, 2.45) is 0 Å². The quantitative estimate of drug-likeness (QED) is 0.714. The fraction of sp³-hybridized carbons (Fsp3) is 0.714. The summed E-state index contributed by atoms with van der Waals surface area (Å²) in [7, 11) is 0. The molecule has 1 rings (SSSR count). The zero-order valence-electron chi connectivity index (χ0n) is 7.10. The normalized spacial score (nSPS) is 10.5. The van der Waals surface area contributed by atoms with Gasteiger partial charge in [-0.15, -0.1) is 5.10 Å². The lowest BCUT2D eigenvalue weighted by molar-refractivity contribution is 0.298. The lowest BCUT2D eigenvalue weighted by Crippen LogP contribution is -2.00. The largest absolute Gasteiger partial charge is 0.396 e. The van der Waals surface area contributed by atoms with Crippen molar-refractivity contribution in [2.45, 2.75) is 13.0 Å². The molecule has 0 aromatic carbocycles. The van der Waals surface area contributed by atoms with Crippen molar-refractivity contribution in [3.05, 3.63) is 11.9 Å². The Labute approximate surface area is 76.0 Å². The number of rotatable bonds is 5. The number of nitrogens with zero attached hydrogens (tertiary/aromatic N) is 3. The third-order valence-corrected chi connectivity index (χ3v) is 2.07. The van der Waals surface area contributed by atoms with Gasteiger partial charge in [-0.1, -0.05) is 5.21 Å². The average molecular weight is 187 g/mol. The van der Waals surface area contributed by atoms with Crippen LogP contribution in [0.5, 0.6) is 0 Å². The van der Waals surface area contributed by atoms with E-state index in [2.05, 4.69) is 16.6 Å². The molecule has 4 nitrogen and oxygen atoms in total. The van der Waals surface area contributed by atoms with Crippen LogP contribution >= 0.6 is 11.8 Å². The Morgan fingerprint density at radius 3 is 3.17 bits per heavy atom. The molecule has 0 spiro atoms. The maximum atomic E-state index is 8.62. The Morgan fingerprint density at radius 2 is 2.50 bits per heavy atom. The Balaban J connectivity index is 2.41. The summed E-state index contributed by atoms with van der Waals surface area (Å²) in [6, 6.07) is 0. The summed E-state index contributed by atoms with van der Waals surface area (Å²) in [5.41, 5.74) is 0.860. The van der Waals surface area contributed by atoms with Gasteiger partial charge in [0.2, 0.25) is 0 Å². The third-order valence-electron chi connectivity index (χ3n) is 1.48. The first kappa shape index (κ1) is 9.54. The molecule has 5 heteroatoms. The van der Waals surface area contributed by atoms with Gasteiger partial charge in [0, 0.05) is 25.0 Å². The maximum Gasteiger partial charge on any atom is 0.0849 e. The van der Waals surface area contributed by atoms with Gasteiger partial charge in [-0.25, -0.2) is 0 Å². The minimum atomic E-state index is 0.140. The van der Waals surface area contributed by atoms with Gasteiger partial charge in [0.1, 0.15) is 0 Å². The molecule has 0 saturated carbocycles. The van der Waals surface area contributed by atoms with E-state index in [9.17, 15) is 0 Å². The molecule has 0 aliphatic rings. The third kappa shape index (κ3) is 2.83. The molecule has 0 unspecified atom stereocenters. The first-order valence-corrected chi connectivity index (χ1v) is 5.25. The lowest BCUT2D eigenvalue weighted by atomic mass is 10.3. The van der Waals surface area contributed by atoms with Gasteiger partial charge >= 0.3 is 0 Å². The predicted molar refractivity (Wildman–Crippen MR) is 49.2 cm³/mol. The number of aryl methyl sites for hydroxylation is 1. The van der Waals surface area contributed by atoms with Crippen molar-refractivity contribution in [3.8, 4) is 0 Å². The molecule has 0 aliphatic heterocycles. The highest BCUT2D eigenvalue weighted by Crippen LogP contribution is 1.97. The van der Waals surface area contributed by atoms with Crippen LogP contribution in [0, 0.1) is 0 Å². The molecular weight excluding hydrogens is 174 g/mol. The van der Waals surface area contributed by atoms with Crippen LogP contribution in [-0.4, -0.2) is 38.7 Å². The van der Waals surface area contributed by atoms with Crippen LogP contribution in [0.3, 0.4) is 0 Å². The molecule has 0 aliphatic carbocycles. The Bertz CT molecular complexity index is 226. The van der Waals surface area contributed by atoms with Gasteiger partial charge in [-0.05, 0) is 6.26 Å². The number of aromatic nitrogens is 3. The second-order valence-electron chi connectivity index (χ2n) is 2.44. The molecule has 1 N–H and O–H groups in total. The molecular formula is C7H13N3OS. The molecule has 1 aromatic heterocycles. The smallest absolute Gasteiger partial charge is 0.0849 e. The Kier molecular flexibility index (Phi) is 4.10. The van der Waals surface area contributed by atoms with E-state index in [0.717, 1.165) is 18.0 Å². The van der Waals surface area contributed by atoms with Gasteiger partial charge in [0.25, 0.3) is 0 Å². The monoisotopic (exact) mass is 187 g/mol. The summed E-state index contributed by atoms with van der Waals surface area (Å²) in [5.74, 6) is 1.04. The van der Waals surface area contributed by atoms with Crippen LogP contribution in [0.2, 0.25) is 0 Å². The van der Waals surface area contributed by atoms with E-state index in [0.29, 0.717) is 6.42 Å². The lowest BCUT2D eigenvalue weighted by Gasteiger charge is -1.95. The first-order valence-electron chi connectivity index (χ1n) is 3.85. The summed E-state index contributed by atoms with van der Waals surface area (Å²) >= 11 is 1.78. The van der Waals surface area contributed by atoms with E-state index in [1.54, 1.807) is 11.8 Å². The van der Waals surface area contributed by atoms with Gasteiger partial charge in [-0.3, -0.25) is 4.68 Å². The van der Waals surface area contributed by atoms with Crippen molar-refractivity contribution >= 4 is 11.8 Å². The highest BCUT2D eigenvalue weighted by molar-refractivity contribution is 7.98. The van der Waals surface area contributed by atoms with E-state index in [1.165, 1.54) is 0 Å². The van der Waals surface area contributed by atoms with Crippen LogP contribution in [-0.2, 0) is 13.0 Å². The number of hydrogen-bond donors (Lipinski definition) is 1. The zero-order valence-corrected chi connectivity index (χ0v) is 7.92. The minimum absolute atomic E-state index is 0.140. The topological polar surface area (TPSA) is 50.9 Å². The van der Waals surface area contributed by atoms with E-state index in [-0.39, 0.29) is 6.61 Å². The number of aliphatic hydroxyl groups is 1. The summed E-state index contributed by atoms with van der Waals surface area (Å²) in [6.45, 7) is 1.03. The van der Waals surface area contributed by atoms with E-state index in [1.807, 2.05) is 10.9 Å². The van der Waals surface area contributed by atoms with E-state index in [4.69, 9.17) is 5.11 Å². The Hall–Kier alpha value is -0.550. The molecule has 1 heterocycles. The predicted octanol–water partition coefficient (Wildman–Crippen LogP) is 0.176. The summed E-state index contributed by atoms with van der Waals surface area (Å²) < 4.78 is 1.81. The molecule has 68 valence electrons. The van der Waals surface area contributed by atoms with Gasteiger partial charge in [-0.2, -0.15) is 11.8 Å². The van der Waals surface area contributed by atoms with Crippen LogP contribution in [0.15, 0.2) is 6.20 Å². The number of thioether (sulfide) groups is 1. The molecule has 1 aromatic rings. The van der Waals surface area contributed by atoms with Gasteiger partial charge < -0.3 is 5.11 Å². The SMILES string of the molecule is CSCCn1cc(CCO)nn1. The second-order valence-corrected chi connectivity index (χ2v) is 3.42. The van der Waals surface area contributed by atoms with Crippen molar-refractivity contribution in [1.29, 1.82) is 0 Å². The second kappa shape index (κ2) is 5.16. The summed E-state index contributed by atoms with van der Waals surface area (Å²) in [5, 5.41) is 16.4. The fourth-order valence-corrected chi connectivity index (χ4v) is 1.23. The summed E-state index contributed by atoms with van der Waals surface area (Å²) in [4.78, 5) is 0.